The summed E-state index contributed by atoms with van der Waals surface area (Å²) < 4.78 is 27.6. The van der Waals surface area contributed by atoms with E-state index in [1.165, 1.54) is 12.5 Å². The third-order valence-electron chi connectivity index (χ3n) is 1.95. The molecular weight excluding hydrogens is 282 g/mol. The van der Waals surface area contributed by atoms with E-state index in [-0.39, 0.29) is 28.6 Å². The minimum absolute atomic E-state index is 0.159. The first-order chi connectivity index (χ1) is 8.34. The number of nitrogens with zero attached hydrogens (tertiary/aromatic N) is 1. The fourth-order valence-electron chi connectivity index (χ4n) is 1.11. The Morgan fingerprint density at radius 1 is 1.50 bits per heavy atom. The van der Waals surface area contributed by atoms with Gasteiger partial charge in [-0.3, -0.25) is 4.79 Å². The summed E-state index contributed by atoms with van der Waals surface area (Å²) in [7, 11) is -2.33. The van der Waals surface area contributed by atoms with Gasteiger partial charge in [-0.15, -0.1) is 11.3 Å². The number of ether oxygens (including phenoxy) is 1. The van der Waals surface area contributed by atoms with Crippen molar-refractivity contribution in [2.45, 2.75) is 12.2 Å². The van der Waals surface area contributed by atoms with Crippen LogP contribution in [0.15, 0.2) is 5.38 Å². The summed E-state index contributed by atoms with van der Waals surface area (Å²) in [4.78, 5) is 25.1. The van der Waals surface area contributed by atoms with Crippen molar-refractivity contribution in [1.82, 2.24) is 4.98 Å². The molecule has 18 heavy (non-hydrogen) atoms. The smallest absolute Gasteiger partial charge is 0.365 e. The van der Waals surface area contributed by atoms with Crippen molar-refractivity contribution < 1.29 is 27.9 Å². The van der Waals surface area contributed by atoms with Gasteiger partial charge in [-0.05, 0) is 0 Å². The summed E-state index contributed by atoms with van der Waals surface area (Å²) in [5, 5.41) is 9.86. The molecule has 1 N–H and O–H groups in total. The topological polar surface area (TPSA) is 111 Å². The molecule has 0 spiro atoms. The first-order valence-corrected chi connectivity index (χ1v) is 7.49. The van der Waals surface area contributed by atoms with Gasteiger partial charge in [-0.25, -0.2) is 18.2 Å². The van der Waals surface area contributed by atoms with Gasteiger partial charge < -0.3 is 9.84 Å². The Balaban J connectivity index is 2.64. The zero-order valence-corrected chi connectivity index (χ0v) is 11.1. The van der Waals surface area contributed by atoms with Gasteiger partial charge in [0.05, 0.1) is 30.7 Å². The predicted molar refractivity (Wildman–Crippen MR) is 63.2 cm³/mol. The summed E-state index contributed by atoms with van der Waals surface area (Å²) >= 11 is 0.861. The Labute approximate surface area is 107 Å². The number of hydrogen-bond donors (Lipinski definition) is 1. The van der Waals surface area contributed by atoms with Gasteiger partial charge in [0.25, 0.3) is 0 Å². The number of carboxylic acid groups (broad SMARTS) is 1. The van der Waals surface area contributed by atoms with Crippen molar-refractivity contribution in [1.29, 1.82) is 0 Å². The molecule has 0 radical (unpaired) electrons. The van der Waals surface area contributed by atoms with E-state index >= 15 is 0 Å². The monoisotopic (exact) mass is 293 g/mol. The maximum atomic E-state index is 11.6. The standard InChI is InChI=1S/C9H11NO6S2/c1-16-7(11)2-3-18(14,15)5-6-4-17-8(10-6)9(12)13/h4H,2-3,5H2,1H3,(H,12,13). The SMILES string of the molecule is COC(=O)CCS(=O)(=O)Cc1csc(C(=O)O)n1. The van der Waals surface area contributed by atoms with Crippen molar-refractivity contribution in [3.8, 4) is 0 Å². The molecule has 0 aromatic carbocycles. The normalized spacial score (nSPS) is 11.2. The van der Waals surface area contributed by atoms with Gasteiger partial charge in [0.15, 0.2) is 9.84 Å². The Morgan fingerprint density at radius 2 is 2.17 bits per heavy atom. The number of esters is 1. The van der Waals surface area contributed by atoms with E-state index in [1.807, 2.05) is 0 Å². The molecule has 1 aromatic rings. The van der Waals surface area contributed by atoms with Crippen LogP contribution in [-0.2, 0) is 25.1 Å². The van der Waals surface area contributed by atoms with Crippen LogP contribution in [0.5, 0.6) is 0 Å². The van der Waals surface area contributed by atoms with Crippen LogP contribution in [0.4, 0.5) is 0 Å². The average molecular weight is 293 g/mol. The molecule has 0 aliphatic carbocycles. The molecule has 0 amide bonds. The van der Waals surface area contributed by atoms with E-state index in [1.54, 1.807) is 0 Å². The molecule has 7 nitrogen and oxygen atoms in total. The van der Waals surface area contributed by atoms with Crippen LogP contribution in [0.25, 0.3) is 0 Å². The molecule has 0 saturated heterocycles. The quantitative estimate of drug-likeness (QED) is 0.752. The molecule has 0 bridgehead atoms. The number of carboxylic acids is 1. The first kappa shape index (κ1) is 14.6. The molecule has 0 fully saturated rings. The summed E-state index contributed by atoms with van der Waals surface area (Å²) in [5.74, 6) is -2.53. The summed E-state index contributed by atoms with van der Waals surface area (Å²) in [6, 6.07) is 0. The van der Waals surface area contributed by atoms with Crippen LogP contribution in [0.1, 0.15) is 21.9 Å². The lowest BCUT2D eigenvalue weighted by Gasteiger charge is -2.01. The number of aromatic carboxylic acids is 1. The van der Waals surface area contributed by atoms with Crippen LogP contribution >= 0.6 is 11.3 Å². The fourth-order valence-corrected chi connectivity index (χ4v) is 3.09. The van der Waals surface area contributed by atoms with E-state index in [9.17, 15) is 18.0 Å². The lowest BCUT2D eigenvalue weighted by atomic mass is 10.5. The zero-order valence-electron chi connectivity index (χ0n) is 9.45. The summed E-state index contributed by atoms with van der Waals surface area (Å²) in [5.41, 5.74) is 0.169. The van der Waals surface area contributed by atoms with E-state index in [0.29, 0.717) is 0 Å². The molecule has 1 heterocycles. The molecule has 1 rings (SSSR count). The Bertz CT molecular complexity index is 547. The molecule has 100 valence electrons. The van der Waals surface area contributed by atoms with E-state index in [4.69, 9.17) is 5.11 Å². The Hall–Kier alpha value is -1.48. The lowest BCUT2D eigenvalue weighted by molar-refractivity contribution is -0.140. The number of aromatic nitrogens is 1. The van der Waals surface area contributed by atoms with Gasteiger partial charge in [0.2, 0.25) is 5.01 Å². The lowest BCUT2D eigenvalue weighted by Crippen LogP contribution is -2.14. The number of carbonyl (C=O) groups is 2. The van der Waals surface area contributed by atoms with Gasteiger partial charge in [-0.2, -0.15) is 0 Å². The highest BCUT2D eigenvalue weighted by Gasteiger charge is 2.18. The maximum Gasteiger partial charge on any atom is 0.365 e. The van der Waals surface area contributed by atoms with Crippen molar-refractivity contribution in [3.05, 3.63) is 16.1 Å². The fraction of sp³-hybridized carbons (Fsp3) is 0.444. The first-order valence-electron chi connectivity index (χ1n) is 4.79. The molecule has 0 saturated carbocycles. The van der Waals surface area contributed by atoms with Crippen LogP contribution in [0, 0.1) is 0 Å². The second-order valence-electron chi connectivity index (χ2n) is 3.37. The predicted octanol–water partition coefficient (Wildman–Crippen LogP) is 0.319. The number of hydrogen-bond acceptors (Lipinski definition) is 7. The highest BCUT2D eigenvalue weighted by atomic mass is 32.2. The highest BCUT2D eigenvalue weighted by molar-refractivity contribution is 7.90. The molecule has 0 atom stereocenters. The minimum atomic E-state index is -3.50. The van der Waals surface area contributed by atoms with Crippen molar-refractivity contribution >= 4 is 33.1 Å². The van der Waals surface area contributed by atoms with E-state index in [2.05, 4.69) is 9.72 Å². The third-order valence-corrected chi connectivity index (χ3v) is 4.39. The second-order valence-corrected chi connectivity index (χ2v) is 6.41. The van der Waals surface area contributed by atoms with Crippen LogP contribution < -0.4 is 0 Å². The number of sulfone groups is 1. The number of thiazole rings is 1. The van der Waals surface area contributed by atoms with E-state index < -0.39 is 21.8 Å². The number of methoxy groups -OCH3 is 1. The molecule has 0 unspecified atom stereocenters. The van der Waals surface area contributed by atoms with Crippen LogP contribution in [-0.4, -0.2) is 43.3 Å². The minimum Gasteiger partial charge on any atom is -0.476 e. The molecule has 9 heteroatoms. The van der Waals surface area contributed by atoms with Crippen LogP contribution in [0.2, 0.25) is 0 Å². The van der Waals surface area contributed by atoms with Gasteiger partial charge in [0.1, 0.15) is 0 Å². The average Bonchev–Trinajstić information content (AvgIpc) is 2.73. The van der Waals surface area contributed by atoms with Gasteiger partial charge >= 0.3 is 11.9 Å². The molecule has 0 aliphatic heterocycles. The number of rotatable bonds is 6. The molecular formula is C9H11NO6S2. The van der Waals surface area contributed by atoms with E-state index in [0.717, 1.165) is 11.3 Å². The van der Waals surface area contributed by atoms with Crippen molar-refractivity contribution in [3.63, 3.8) is 0 Å². The zero-order chi connectivity index (χ0) is 13.8. The maximum absolute atomic E-state index is 11.6. The Morgan fingerprint density at radius 3 is 2.67 bits per heavy atom. The Kier molecular flexibility index (Phi) is 4.79. The molecule has 0 aliphatic rings. The second kappa shape index (κ2) is 5.91. The summed E-state index contributed by atoms with van der Waals surface area (Å²) in [6.45, 7) is 0. The highest BCUT2D eigenvalue weighted by Crippen LogP contribution is 2.13. The van der Waals surface area contributed by atoms with Crippen LogP contribution in [0.3, 0.4) is 0 Å². The van der Waals surface area contributed by atoms with Gasteiger partial charge in [-0.1, -0.05) is 0 Å². The number of carbonyl (C=O) groups excluding carboxylic acids is 1. The van der Waals surface area contributed by atoms with Crippen molar-refractivity contribution in [2.75, 3.05) is 12.9 Å². The largest absolute Gasteiger partial charge is 0.476 e. The third kappa shape index (κ3) is 4.41. The summed E-state index contributed by atoms with van der Waals surface area (Å²) in [6.07, 6.45) is -0.227. The molecule has 1 aromatic heterocycles. The van der Waals surface area contributed by atoms with Crippen molar-refractivity contribution in [2.24, 2.45) is 0 Å². The van der Waals surface area contributed by atoms with Gasteiger partial charge in [0, 0.05) is 5.38 Å².